The normalized spacial score (nSPS) is 17.6. The molecule has 1 aromatic rings. The highest BCUT2D eigenvalue weighted by atomic mass is 19.4. The molecule has 0 spiro atoms. The minimum atomic E-state index is -4.95. The summed E-state index contributed by atoms with van der Waals surface area (Å²) in [5.74, 6) is 0.375. The number of hydrogen-bond donors (Lipinski definition) is 0. The largest absolute Gasteiger partial charge is 0.509 e. The van der Waals surface area contributed by atoms with Crippen LogP contribution in [0.1, 0.15) is 0 Å². The topological polar surface area (TPSA) is 25.4 Å². The van der Waals surface area contributed by atoms with E-state index in [1.807, 2.05) is 0 Å². The van der Waals surface area contributed by atoms with E-state index in [4.69, 9.17) is 4.74 Å². The second-order valence-corrected chi connectivity index (χ2v) is 3.62. The lowest BCUT2D eigenvalue weighted by Crippen LogP contribution is -2.39. The SMILES string of the molecule is F[B-](F)(F)c1ccnc(N2CCOCC2)c1. The van der Waals surface area contributed by atoms with Crippen LogP contribution >= 0.6 is 0 Å². The lowest BCUT2D eigenvalue weighted by molar-refractivity contribution is 0.122. The molecule has 0 amide bonds. The minimum absolute atomic E-state index is 0.375. The maximum atomic E-state index is 12.5. The Kier molecular flexibility index (Phi) is 3.04. The van der Waals surface area contributed by atoms with Crippen LogP contribution in [0.2, 0.25) is 0 Å². The number of morpholine rings is 1. The van der Waals surface area contributed by atoms with Gasteiger partial charge >= 0.3 is 6.98 Å². The molecule has 16 heavy (non-hydrogen) atoms. The number of aromatic nitrogens is 1. The van der Waals surface area contributed by atoms with Crippen LogP contribution in [0.3, 0.4) is 0 Å². The van der Waals surface area contributed by atoms with Crippen molar-refractivity contribution in [1.82, 2.24) is 4.98 Å². The molecule has 0 atom stereocenters. The number of anilines is 1. The first-order valence-corrected chi connectivity index (χ1v) is 5.06. The highest BCUT2D eigenvalue weighted by Crippen LogP contribution is 2.14. The quantitative estimate of drug-likeness (QED) is 0.709. The third kappa shape index (κ3) is 2.47. The van der Waals surface area contributed by atoms with Gasteiger partial charge in [-0.05, 0) is 6.07 Å². The summed E-state index contributed by atoms with van der Waals surface area (Å²) in [7, 11) is 0. The molecule has 7 heteroatoms. The molecule has 1 fully saturated rings. The fourth-order valence-electron chi connectivity index (χ4n) is 1.60. The van der Waals surface area contributed by atoms with Crippen molar-refractivity contribution in [3.8, 4) is 0 Å². The average Bonchev–Trinajstić information content (AvgIpc) is 2.29. The van der Waals surface area contributed by atoms with Crippen molar-refractivity contribution in [2.24, 2.45) is 0 Å². The number of pyridine rings is 1. The van der Waals surface area contributed by atoms with Crippen molar-refractivity contribution in [2.45, 2.75) is 0 Å². The molecular formula is C9H11BF3N2O-. The lowest BCUT2D eigenvalue weighted by atomic mass is 9.81. The molecule has 1 aliphatic heterocycles. The first-order valence-electron chi connectivity index (χ1n) is 5.06. The van der Waals surface area contributed by atoms with Gasteiger partial charge in [-0.15, -0.1) is 5.46 Å². The van der Waals surface area contributed by atoms with Crippen molar-refractivity contribution in [2.75, 3.05) is 31.2 Å². The molecule has 3 nitrogen and oxygen atoms in total. The van der Waals surface area contributed by atoms with E-state index in [-0.39, 0.29) is 0 Å². The fraction of sp³-hybridized carbons (Fsp3) is 0.444. The van der Waals surface area contributed by atoms with Gasteiger partial charge in [-0.3, -0.25) is 0 Å². The molecule has 0 N–H and O–H groups in total. The fourth-order valence-corrected chi connectivity index (χ4v) is 1.60. The highest BCUT2D eigenvalue weighted by Gasteiger charge is 2.26. The van der Waals surface area contributed by atoms with Crippen molar-refractivity contribution < 1.29 is 17.7 Å². The third-order valence-electron chi connectivity index (χ3n) is 2.48. The van der Waals surface area contributed by atoms with E-state index >= 15 is 0 Å². The van der Waals surface area contributed by atoms with Gasteiger partial charge in [0.15, 0.2) is 0 Å². The van der Waals surface area contributed by atoms with E-state index in [9.17, 15) is 12.9 Å². The zero-order chi connectivity index (χ0) is 11.6. The van der Waals surface area contributed by atoms with Gasteiger partial charge < -0.3 is 22.6 Å². The van der Waals surface area contributed by atoms with Gasteiger partial charge in [0, 0.05) is 19.3 Å². The molecule has 1 saturated heterocycles. The Morgan fingerprint density at radius 2 is 1.94 bits per heavy atom. The van der Waals surface area contributed by atoms with Crippen LogP contribution in [0, 0.1) is 0 Å². The molecule has 2 heterocycles. The summed E-state index contributed by atoms with van der Waals surface area (Å²) in [6.45, 7) is -2.72. The maximum absolute atomic E-state index is 12.5. The summed E-state index contributed by atoms with van der Waals surface area (Å²) in [5, 5.41) is 0. The molecule has 88 valence electrons. The Hall–Kier alpha value is -1.24. The number of rotatable bonds is 2. The number of hydrogen-bond acceptors (Lipinski definition) is 3. The second kappa shape index (κ2) is 4.33. The molecule has 2 rings (SSSR count). The van der Waals surface area contributed by atoms with E-state index in [1.165, 1.54) is 6.20 Å². The predicted molar refractivity (Wildman–Crippen MR) is 56.0 cm³/mol. The molecule has 0 radical (unpaired) electrons. The van der Waals surface area contributed by atoms with Crippen molar-refractivity contribution in [3.05, 3.63) is 18.3 Å². The van der Waals surface area contributed by atoms with Crippen LogP contribution in [-0.4, -0.2) is 38.3 Å². The molecule has 0 saturated carbocycles. The van der Waals surface area contributed by atoms with Gasteiger partial charge in [0.25, 0.3) is 0 Å². The van der Waals surface area contributed by atoms with E-state index < -0.39 is 12.4 Å². The summed E-state index contributed by atoms with van der Waals surface area (Å²) in [6.07, 6.45) is 1.20. The van der Waals surface area contributed by atoms with Crippen LogP contribution in [0.25, 0.3) is 0 Å². The summed E-state index contributed by atoms with van der Waals surface area (Å²) < 4.78 is 42.7. The Balaban J connectivity index is 2.21. The molecule has 0 unspecified atom stereocenters. The molecular weight excluding hydrogens is 220 g/mol. The van der Waals surface area contributed by atoms with Crippen LogP contribution in [-0.2, 0) is 4.74 Å². The first kappa shape index (κ1) is 11.3. The van der Waals surface area contributed by atoms with Crippen LogP contribution in [0.4, 0.5) is 18.8 Å². The second-order valence-electron chi connectivity index (χ2n) is 3.62. The number of nitrogens with zero attached hydrogens (tertiary/aromatic N) is 2. The van der Waals surface area contributed by atoms with E-state index in [1.54, 1.807) is 4.90 Å². The zero-order valence-corrected chi connectivity index (χ0v) is 8.57. The van der Waals surface area contributed by atoms with Crippen molar-refractivity contribution in [1.29, 1.82) is 0 Å². The summed E-state index contributed by atoms with van der Waals surface area (Å²) >= 11 is 0. The molecule has 0 aliphatic carbocycles. The van der Waals surface area contributed by atoms with Crippen LogP contribution in [0.15, 0.2) is 18.3 Å². The predicted octanol–water partition coefficient (Wildman–Crippen LogP) is 0.973. The van der Waals surface area contributed by atoms with Crippen LogP contribution < -0.4 is 10.4 Å². The van der Waals surface area contributed by atoms with Gasteiger partial charge in [-0.2, -0.15) is 0 Å². The van der Waals surface area contributed by atoms with Gasteiger partial charge in [0.2, 0.25) is 0 Å². The monoisotopic (exact) mass is 231 g/mol. The summed E-state index contributed by atoms with van der Waals surface area (Å²) in [4.78, 5) is 5.76. The Morgan fingerprint density at radius 3 is 2.56 bits per heavy atom. The molecule has 1 aromatic heterocycles. The first-order chi connectivity index (χ1) is 7.57. The Labute approximate surface area is 91.3 Å². The number of ether oxygens (including phenoxy) is 1. The maximum Gasteiger partial charge on any atom is 0.509 e. The summed E-state index contributed by atoms with van der Waals surface area (Å²) in [5.41, 5.74) is -0.600. The van der Waals surface area contributed by atoms with Gasteiger partial charge in [-0.1, -0.05) is 6.07 Å². The van der Waals surface area contributed by atoms with Gasteiger partial charge in [0.05, 0.1) is 13.2 Å². The Morgan fingerprint density at radius 1 is 1.25 bits per heavy atom. The molecule has 0 aromatic carbocycles. The average molecular weight is 231 g/mol. The van der Waals surface area contributed by atoms with Gasteiger partial charge in [0.1, 0.15) is 5.82 Å². The standard InChI is InChI=1S/C9H11BF3N2O/c11-10(12,13)8-1-2-14-9(7-8)15-3-5-16-6-4-15/h1-2,7H,3-6H2/q-1. The van der Waals surface area contributed by atoms with Crippen molar-refractivity contribution in [3.63, 3.8) is 0 Å². The Bertz CT molecular complexity index is 366. The van der Waals surface area contributed by atoms with Crippen molar-refractivity contribution >= 4 is 18.3 Å². The third-order valence-corrected chi connectivity index (χ3v) is 2.48. The lowest BCUT2D eigenvalue weighted by Gasteiger charge is -2.28. The smallest absolute Gasteiger partial charge is 0.445 e. The zero-order valence-electron chi connectivity index (χ0n) is 8.57. The number of halogens is 3. The van der Waals surface area contributed by atoms with E-state index in [0.29, 0.717) is 32.1 Å². The summed E-state index contributed by atoms with van der Waals surface area (Å²) in [6, 6.07) is 2.11. The highest BCUT2D eigenvalue weighted by molar-refractivity contribution is 6.73. The molecule has 1 aliphatic rings. The van der Waals surface area contributed by atoms with E-state index in [0.717, 1.165) is 12.1 Å². The van der Waals surface area contributed by atoms with Gasteiger partial charge in [-0.25, -0.2) is 4.98 Å². The minimum Gasteiger partial charge on any atom is -0.445 e. The molecule has 0 bridgehead atoms. The van der Waals surface area contributed by atoms with Crippen LogP contribution in [0.5, 0.6) is 0 Å². The van der Waals surface area contributed by atoms with E-state index in [2.05, 4.69) is 4.98 Å².